The summed E-state index contributed by atoms with van der Waals surface area (Å²) in [7, 11) is 0. The van der Waals surface area contributed by atoms with Crippen molar-refractivity contribution in [2.75, 3.05) is 5.32 Å². The molecule has 0 radical (unpaired) electrons. The summed E-state index contributed by atoms with van der Waals surface area (Å²) in [5.41, 5.74) is 2.51. The highest BCUT2D eigenvalue weighted by Crippen LogP contribution is 2.17. The Morgan fingerprint density at radius 1 is 1.07 bits per heavy atom. The number of benzene rings is 2. The summed E-state index contributed by atoms with van der Waals surface area (Å²) in [6.45, 7) is 5.67. The van der Waals surface area contributed by atoms with Crippen LogP contribution in [0, 0.1) is 25.7 Å². The molecule has 3 aromatic rings. The van der Waals surface area contributed by atoms with Gasteiger partial charge in [-0.3, -0.25) is 4.79 Å². The van der Waals surface area contributed by atoms with Gasteiger partial charge >= 0.3 is 0 Å². The second-order valence-corrected chi connectivity index (χ2v) is 7.48. The van der Waals surface area contributed by atoms with E-state index in [2.05, 4.69) is 35.3 Å². The Kier molecular flexibility index (Phi) is 10.1. The average molecular weight is 395 g/mol. The van der Waals surface area contributed by atoms with Crippen LogP contribution in [0.5, 0.6) is 5.75 Å². The highest BCUT2D eigenvalue weighted by Gasteiger charge is 2.08. The fraction of sp³-hybridized carbons (Fsp3) is 0.217. The van der Waals surface area contributed by atoms with E-state index >= 15 is 0 Å². The summed E-state index contributed by atoms with van der Waals surface area (Å²) in [5, 5.41) is 12.5. The number of carbonyl (C=O) groups excluding carboxylic acids is 1. The van der Waals surface area contributed by atoms with Gasteiger partial charge in [0.15, 0.2) is 5.13 Å². The molecule has 146 valence electrons. The number of rotatable bonds is 4. The van der Waals surface area contributed by atoms with Crippen molar-refractivity contribution < 1.29 is 9.90 Å². The number of hydrogen-bond donors (Lipinski definition) is 2. The SMILES string of the molecule is C#C.Cc1cnc(NC(=O)C(C)C)s1.Oc1ccc(Cc2ccccc2)cc1. The number of aryl methyl sites for hydroxylation is 1. The molecule has 28 heavy (non-hydrogen) atoms. The number of aromatic hydroxyl groups is 1. The minimum absolute atomic E-state index is 0.00852. The first kappa shape index (κ1) is 22.9. The highest BCUT2D eigenvalue weighted by atomic mass is 32.1. The fourth-order valence-corrected chi connectivity index (χ4v) is 2.78. The van der Waals surface area contributed by atoms with E-state index in [4.69, 9.17) is 5.11 Å². The largest absolute Gasteiger partial charge is 0.508 e. The monoisotopic (exact) mass is 394 g/mol. The molecule has 0 unspecified atom stereocenters. The van der Waals surface area contributed by atoms with Crippen LogP contribution in [-0.4, -0.2) is 16.0 Å². The predicted octanol–water partition coefficient (Wildman–Crippen LogP) is 5.28. The number of nitrogens with one attached hydrogen (secondary N) is 1. The van der Waals surface area contributed by atoms with Crippen molar-refractivity contribution in [3.05, 3.63) is 76.8 Å². The Balaban J connectivity index is 0.000000260. The first-order chi connectivity index (χ1) is 13.4. The van der Waals surface area contributed by atoms with Crippen molar-refractivity contribution in [1.29, 1.82) is 0 Å². The smallest absolute Gasteiger partial charge is 0.228 e. The summed E-state index contributed by atoms with van der Waals surface area (Å²) in [6, 6.07) is 17.6. The van der Waals surface area contributed by atoms with Crippen molar-refractivity contribution in [2.24, 2.45) is 5.92 Å². The van der Waals surface area contributed by atoms with Gasteiger partial charge in [0.05, 0.1) is 0 Å². The maximum Gasteiger partial charge on any atom is 0.228 e. The maximum absolute atomic E-state index is 11.2. The van der Waals surface area contributed by atoms with Crippen LogP contribution in [0.4, 0.5) is 5.13 Å². The first-order valence-corrected chi connectivity index (χ1v) is 9.64. The second-order valence-electron chi connectivity index (χ2n) is 6.25. The molecule has 1 amide bonds. The Hall–Kier alpha value is -3.10. The van der Waals surface area contributed by atoms with E-state index in [-0.39, 0.29) is 11.8 Å². The van der Waals surface area contributed by atoms with Gasteiger partial charge in [0.1, 0.15) is 5.75 Å². The molecule has 5 heteroatoms. The van der Waals surface area contributed by atoms with Gasteiger partial charge in [-0.1, -0.05) is 56.3 Å². The Morgan fingerprint density at radius 3 is 2.14 bits per heavy atom. The lowest BCUT2D eigenvalue weighted by molar-refractivity contribution is -0.118. The molecule has 1 heterocycles. The summed E-state index contributed by atoms with van der Waals surface area (Å²) in [5.74, 6) is 0.348. The highest BCUT2D eigenvalue weighted by molar-refractivity contribution is 7.15. The van der Waals surface area contributed by atoms with Crippen LogP contribution in [-0.2, 0) is 11.2 Å². The molecule has 0 atom stereocenters. The first-order valence-electron chi connectivity index (χ1n) is 8.82. The van der Waals surface area contributed by atoms with E-state index in [0.29, 0.717) is 10.9 Å². The van der Waals surface area contributed by atoms with Gasteiger partial charge in [0, 0.05) is 17.0 Å². The zero-order valence-corrected chi connectivity index (χ0v) is 17.2. The van der Waals surface area contributed by atoms with E-state index in [1.165, 1.54) is 22.5 Å². The molecule has 4 nitrogen and oxygen atoms in total. The maximum atomic E-state index is 11.2. The average Bonchev–Trinajstić information content (AvgIpc) is 3.11. The van der Waals surface area contributed by atoms with Crippen LogP contribution in [0.1, 0.15) is 29.9 Å². The Labute approximate surface area is 171 Å². The molecule has 0 aliphatic carbocycles. The van der Waals surface area contributed by atoms with Crippen LogP contribution in [0.25, 0.3) is 0 Å². The van der Waals surface area contributed by atoms with Crippen molar-refractivity contribution in [1.82, 2.24) is 4.98 Å². The molecule has 2 N–H and O–H groups in total. The molecule has 0 saturated heterocycles. The van der Waals surface area contributed by atoms with E-state index in [0.717, 1.165) is 11.3 Å². The molecule has 0 aliphatic heterocycles. The van der Waals surface area contributed by atoms with E-state index < -0.39 is 0 Å². The van der Waals surface area contributed by atoms with Gasteiger partial charge in [-0.25, -0.2) is 4.98 Å². The van der Waals surface area contributed by atoms with E-state index in [1.807, 2.05) is 51.1 Å². The normalized spacial score (nSPS) is 9.50. The van der Waals surface area contributed by atoms with Gasteiger partial charge in [-0.05, 0) is 36.6 Å². The number of carbonyl (C=O) groups is 1. The summed E-state index contributed by atoms with van der Waals surface area (Å²) in [4.78, 5) is 16.3. The molecule has 1 aromatic heterocycles. The van der Waals surface area contributed by atoms with Gasteiger partial charge < -0.3 is 10.4 Å². The standard InChI is InChI=1S/C13H12O.C8H12N2OS.C2H2/c14-13-8-6-12(7-9-13)10-11-4-2-1-3-5-11;1-5(2)7(11)10-8-9-4-6(3)12-8;1-2/h1-9,14H,10H2;4-5H,1-3H3,(H,9,10,11);1-2H. The number of anilines is 1. The molecular formula is C23H26N2O2S. The van der Waals surface area contributed by atoms with Crippen LogP contribution in [0.3, 0.4) is 0 Å². The Morgan fingerprint density at radius 2 is 1.64 bits per heavy atom. The Bertz CT molecular complexity index is 853. The lowest BCUT2D eigenvalue weighted by Gasteiger charge is -2.02. The van der Waals surface area contributed by atoms with Crippen molar-refractivity contribution in [3.63, 3.8) is 0 Å². The number of thiazole rings is 1. The van der Waals surface area contributed by atoms with E-state index in [1.54, 1.807) is 18.3 Å². The quantitative estimate of drug-likeness (QED) is 0.592. The lowest BCUT2D eigenvalue weighted by Crippen LogP contribution is -2.17. The summed E-state index contributed by atoms with van der Waals surface area (Å²) in [6.07, 6.45) is 10.7. The van der Waals surface area contributed by atoms with Gasteiger partial charge in [0.2, 0.25) is 5.91 Å². The molecule has 0 spiro atoms. The van der Waals surface area contributed by atoms with Gasteiger partial charge in [-0.2, -0.15) is 0 Å². The number of terminal acetylenes is 1. The molecule has 0 bridgehead atoms. The minimum atomic E-state index is 0.00852. The summed E-state index contributed by atoms with van der Waals surface area (Å²) < 4.78 is 0. The lowest BCUT2D eigenvalue weighted by atomic mass is 10.1. The zero-order chi connectivity index (χ0) is 20.9. The molecule has 3 rings (SSSR count). The molecule has 0 saturated carbocycles. The van der Waals surface area contributed by atoms with Crippen LogP contribution < -0.4 is 5.32 Å². The third-order valence-electron chi connectivity index (χ3n) is 3.56. The van der Waals surface area contributed by atoms with Crippen LogP contribution in [0.15, 0.2) is 60.8 Å². The second kappa shape index (κ2) is 12.3. The van der Waals surface area contributed by atoms with Gasteiger partial charge in [0.25, 0.3) is 0 Å². The molecular weight excluding hydrogens is 368 g/mol. The van der Waals surface area contributed by atoms with Crippen LogP contribution >= 0.6 is 11.3 Å². The molecule has 0 aliphatic rings. The third-order valence-corrected chi connectivity index (χ3v) is 4.39. The van der Waals surface area contributed by atoms with E-state index in [9.17, 15) is 4.79 Å². The number of phenols is 1. The summed E-state index contributed by atoms with van der Waals surface area (Å²) >= 11 is 1.49. The van der Waals surface area contributed by atoms with Crippen molar-refractivity contribution >= 4 is 22.4 Å². The number of phenolic OH excluding ortho intramolecular Hbond substituents is 1. The zero-order valence-electron chi connectivity index (χ0n) is 16.4. The fourth-order valence-electron chi connectivity index (χ4n) is 2.11. The third kappa shape index (κ3) is 8.52. The number of nitrogens with zero attached hydrogens (tertiary/aromatic N) is 1. The number of amides is 1. The number of hydrogen-bond acceptors (Lipinski definition) is 4. The van der Waals surface area contributed by atoms with Gasteiger partial charge in [-0.15, -0.1) is 24.2 Å². The molecule has 0 fully saturated rings. The molecule has 2 aromatic carbocycles. The van der Waals surface area contributed by atoms with Crippen LogP contribution in [0.2, 0.25) is 0 Å². The van der Waals surface area contributed by atoms with Crippen molar-refractivity contribution in [3.8, 4) is 18.6 Å². The number of aromatic nitrogens is 1. The predicted molar refractivity (Wildman–Crippen MR) is 118 cm³/mol. The van der Waals surface area contributed by atoms with Crippen molar-refractivity contribution in [2.45, 2.75) is 27.2 Å². The minimum Gasteiger partial charge on any atom is -0.508 e. The topological polar surface area (TPSA) is 62.2 Å².